The number of carbonyl (C=O) groups excluding carboxylic acids is 2. The SMILES string of the molecule is CCCNC(=O)N(C)C[C@H]1Oc2ncc(-c3ccc(F)cc3)cc2C(=O)N([C@@H](C)CO)C[C@@H]1C. The summed E-state index contributed by atoms with van der Waals surface area (Å²) in [7, 11) is 1.70. The molecule has 2 N–H and O–H groups in total. The first-order valence-electron chi connectivity index (χ1n) is 11.6. The number of urea groups is 1. The lowest BCUT2D eigenvalue weighted by Gasteiger charge is -2.37. The molecule has 0 spiro atoms. The Kier molecular flexibility index (Phi) is 8.44. The van der Waals surface area contributed by atoms with Gasteiger partial charge < -0.3 is 25.0 Å². The van der Waals surface area contributed by atoms with E-state index in [-0.39, 0.29) is 41.7 Å². The van der Waals surface area contributed by atoms with Gasteiger partial charge in [-0.3, -0.25) is 4.79 Å². The molecule has 2 aromatic rings. The number of benzene rings is 1. The molecule has 1 aromatic heterocycles. The van der Waals surface area contributed by atoms with Crippen LogP contribution in [0.25, 0.3) is 11.1 Å². The summed E-state index contributed by atoms with van der Waals surface area (Å²) in [6.07, 6.45) is 1.99. The summed E-state index contributed by atoms with van der Waals surface area (Å²) in [4.78, 5) is 33.5. The molecule has 8 nitrogen and oxygen atoms in total. The summed E-state index contributed by atoms with van der Waals surface area (Å²) < 4.78 is 19.6. The van der Waals surface area contributed by atoms with Gasteiger partial charge in [-0.15, -0.1) is 0 Å². The summed E-state index contributed by atoms with van der Waals surface area (Å²) >= 11 is 0. The minimum Gasteiger partial charge on any atom is -0.472 e. The van der Waals surface area contributed by atoms with Gasteiger partial charge in [0.05, 0.1) is 19.2 Å². The number of ether oxygens (including phenoxy) is 1. The highest BCUT2D eigenvalue weighted by Gasteiger charge is 2.34. The van der Waals surface area contributed by atoms with E-state index in [9.17, 15) is 19.1 Å². The number of pyridine rings is 1. The fraction of sp³-hybridized carbons (Fsp3) is 0.480. The predicted octanol–water partition coefficient (Wildman–Crippen LogP) is 3.16. The molecule has 184 valence electrons. The molecule has 0 radical (unpaired) electrons. The predicted molar refractivity (Wildman–Crippen MR) is 127 cm³/mol. The lowest BCUT2D eigenvalue weighted by atomic mass is 9.99. The average molecular weight is 473 g/mol. The Balaban J connectivity index is 1.97. The molecule has 3 atom stereocenters. The van der Waals surface area contributed by atoms with Crippen LogP contribution in [0.2, 0.25) is 0 Å². The van der Waals surface area contributed by atoms with Gasteiger partial charge in [0.15, 0.2) is 0 Å². The highest BCUT2D eigenvalue weighted by Crippen LogP contribution is 2.30. The maximum atomic E-state index is 13.5. The Bertz CT molecular complexity index is 1000. The van der Waals surface area contributed by atoms with Gasteiger partial charge in [0.1, 0.15) is 17.5 Å². The third-order valence-electron chi connectivity index (χ3n) is 6.03. The van der Waals surface area contributed by atoms with Crippen LogP contribution in [0.4, 0.5) is 9.18 Å². The highest BCUT2D eigenvalue weighted by atomic mass is 19.1. The van der Waals surface area contributed by atoms with Crippen molar-refractivity contribution in [3.63, 3.8) is 0 Å². The molecule has 9 heteroatoms. The van der Waals surface area contributed by atoms with E-state index in [2.05, 4.69) is 10.3 Å². The number of hydrogen-bond acceptors (Lipinski definition) is 5. The molecule has 2 heterocycles. The summed E-state index contributed by atoms with van der Waals surface area (Å²) in [5, 5.41) is 12.6. The van der Waals surface area contributed by atoms with Crippen molar-refractivity contribution in [1.82, 2.24) is 20.1 Å². The number of carbonyl (C=O) groups is 2. The van der Waals surface area contributed by atoms with Gasteiger partial charge >= 0.3 is 6.03 Å². The van der Waals surface area contributed by atoms with Crippen molar-refractivity contribution in [3.8, 4) is 17.0 Å². The quantitative estimate of drug-likeness (QED) is 0.646. The normalized spacial score (nSPS) is 18.9. The summed E-state index contributed by atoms with van der Waals surface area (Å²) in [5.41, 5.74) is 1.62. The van der Waals surface area contributed by atoms with Gasteiger partial charge in [-0.25, -0.2) is 14.2 Å². The van der Waals surface area contributed by atoms with E-state index in [0.29, 0.717) is 30.8 Å². The molecule has 3 amide bonds. The van der Waals surface area contributed by atoms with Crippen molar-refractivity contribution in [1.29, 1.82) is 0 Å². The van der Waals surface area contributed by atoms with E-state index >= 15 is 0 Å². The minimum absolute atomic E-state index is 0.133. The number of nitrogens with zero attached hydrogens (tertiary/aromatic N) is 3. The molecule has 0 saturated carbocycles. The van der Waals surface area contributed by atoms with E-state index in [1.807, 2.05) is 13.8 Å². The number of nitrogens with one attached hydrogen (secondary N) is 1. The molecule has 3 rings (SSSR count). The zero-order chi connectivity index (χ0) is 24.8. The molecule has 0 saturated heterocycles. The van der Waals surface area contributed by atoms with Crippen LogP contribution in [-0.4, -0.2) is 77.3 Å². The first kappa shape index (κ1) is 25.4. The molecule has 1 aliphatic heterocycles. The van der Waals surface area contributed by atoms with E-state index in [0.717, 1.165) is 6.42 Å². The Hall–Kier alpha value is -3.20. The average Bonchev–Trinajstić information content (AvgIpc) is 2.84. The third-order valence-corrected chi connectivity index (χ3v) is 6.03. The van der Waals surface area contributed by atoms with Gasteiger partial charge in [-0.2, -0.15) is 0 Å². The Labute approximate surface area is 199 Å². The summed E-state index contributed by atoms with van der Waals surface area (Å²) in [6.45, 7) is 6.74. The summed E-state index contributed by atoms with van der Waals surface area (Å²) in [6, 6.07) is 7.01. The fourth-order valence-corrected chi connectivity index (χ4v) is 3.84. The molecule has 0 unspecified atom stereocenters. The van der Waals surface area contributed by atoms with Crippen molar-refractivity contribution < 1.29 is 23.8 Å². The summed E-state index contributed by atoms with van der Waals surface area (Å²) in [5.74, 6) is -0.613. The van der Waals surface area contributed by atoms with Gasteiger partial charge in [0.25, 0.3) is 5.91 Å². The van der Waals surface area contributed by atoms with E-state index < -0.39 is 12.1 Å². The monoisotopic (exact) mass is 472 g/mol. The van der Waals surface area contributed by atoms with Crippen molar-refractivity contribution in [3.05, 3.63) is 47.9 Å². The molecule has 0 aliphatic carbocycles. The van der Waals surface area contributed by atoms with Crippen molar-refractivity contribution in [2.45, 2.75) is 39.3 Å². The van der Waals surface area contributed by atoms with E-state index in [4.69, 9.17) is 4.74 Å². The number of amides is 3. The third kappa shape index (κ3) is 5.83. The zero-order valence-corrected chi connectivity index (χ0v) is 20.1. The van der Waals surface area contributed by atoms with E-state index in [1.165, 1.54) is 12.1 Å². The lowest BCUT2D eigenvalue weighted by molar-refractivity contribution is 0.0352. The van der Waals surface area contributed by atoms with Crippen LogP contribution in [0.15, 0.2) is 36.5 Å². The van der Waals surface area contributed by atoms with Gasteiger partial charge in [-0.1, -0.05) is 26.0 Å². The Morgan fingerprint density at radius 2 is 2.06 bits per heavy atom. The number of likely N-dealkylation sites (N-methyl/N-ethyl adjacent to an activating group) is 1. The molecule has 0 bridgehead atoms. The van der Waals surface area contributed by atoms with Gasteiger partial charge in [0, 0.05) is 37.8 Å². The molecular formula is C25H33FN4O4. The minimum atomic E-state index is -0.429. The zero-order valence-electron chi connectivity index (χ0n) is 20.1. The molecular weight excluding hydrogens is 439 g/mol. The number of aliphatic hydroxyl groups excluding tert-OH is 1. The van der Waals surface area contributed by atoms with Gasteiger partial charge in [0.2, 0.25) is 5.88 Å². The second-order valence-corrected chi connectivity index (χ2v) is 8.82. The van der Waals surface area contributed by atoms with Crippen LogP contribution in [-0.2, 0) is 0 Å². The molecule has 34 heavy (non-hydrogen) atoms. The maximum Gasteiger partial charge on any atom is 0.317 e. The number of aliphatic hydroxyl groups is 1. The number of rotatable bonds is 7. The van der Waals surface area contributed by atoms with Crippen molar-refractivity contribution in [2.75, 3.05) is 33.3 Å². The lowest BCUT2D eigenvalue weighted by Crippen LogP contribution is -2.51. The first-order chi connectivity index (χ1) is 16.2. The smallest absolute Gasteiger partial charge is 0.317 e. The van der Waals surface area contributed by atoms with Crippen molar-refractivity contribution >= 4 is 11.9 Å². The Morgan fingerprint density at radius 1 is 1.35 bits per heavy atom. The number of hydrogen-bond donors (Lipinski definition) is 2. The Morgan fingerprint density at radius 3 is 2.71 bits per heavy atom. The number of halogens is 1. The largest absolute Gasteiger partial charge is 0.472 e. The van der Waals surface area contributed by atoms with Gasteiger partial charge in [-0.05, 0) is 37.1 Å². The van der Waals surface area contributed by atoms with E-state index in [1.54, 1.807) is 48.2 Å². The van der Waals surface area contributed by atoms with Crippen LogP contribution in [0.3, 0.4) is 0 Å². The maximum absolute atomic E-state index is 13.5. The second kappa shape index (κ2) is 11.3. The molecule has 1 aromatic carbocycles. The van der Waals surface area contributed by atoms with Crippen LogP contribution < -0.4 is 10.1 Å². The molecule has 0 fully saturated rings. The van der Waals surface area contributed by atoms with Crippen LogP contribution >= 0.6 is 0 Å². The number of aromatic nitrogens is 1. The topological polar surface area (TPSA) is 95.0 Å². The van der Waals surface area contributed by atoms with Crippen LogP contribution in [0.1, 0.15) is 37.6 Å². The first-order valence-corrected chi connectivity index (χ1v) is 11.6. The standard InChI is InChI=1S/C25H33FN4O4/c1-5-10-27-25(33)29(4)14-22-16(2)13-30(17(3)15-31)24(32)21-11-19(12-28-23(21)34-22)18-6-8-20(26)9-7-18/h6-9,11-12,16-17,22,31H,5,10,13-15H2,1-4H3,(H,27,33)/t16-,17-,22+/m0/s1. The second-order valence-electron chi connectivity index (χ2n) is 8.82. The van der Waals surface area contributed by atoms with Crippen molar-refractivity contribution in [2.24, 2.45) is 5.92 Å². The number of fused-ring (bicyclic) bond motifs is 1. The highest BCUT2D eigenvalue weighted by molar-refractivity contribution is 5.98. The van der Waals surface area contributed by atoms with Crippen LogP contribution in [0, 0.1) is 11.7 Å². The fourth-order valence-electron chi connectivity index (χ4n) is 3.84. The van der Waals surface area contributed by atoms with Crippen LogP contribution in [0.5, 0.6) is 5.88 Å². The molecule has 1 aliphatic rings.